The molecule has 1 aromatic carbocycles. The van der Waals surface area contributed by atoms with E-state index in [9.17, 15) is 4.79 Å². The number of rotatable bonds is 0. The van der Waals surface area contributed by atoms with E-state index in [4.69, 9.17) is 0 Å². The molecule has 3 rings (SSSR count). The van der Waals surface area contributed by atoms with E-state index in [1.807, 2.05) is 18.2 Å². The van der Waals surface area contributed by atoms with Crippen molar-refractivity contribution in [1.29, 1.82) is 0 Å². The number of benzene rings is 1. The van der Waals surface area contributed by atoms with Gasteiger partial charge in [0.15, 0.2) is 0 Å². The van der Waals surface area contributed by atoms with Crippen molar-refractivity contribution in [3.8, 4) is 0 Å². The summed E-state index contributed by atoms with van der Waals surface area (Å²) in [6.45, 7) is 0.751. The van der Waals surface area contributed by atoms with Crippen LogP contribution in [0.15, 0.2) is 18.2 Å². The van der Waals surface area contributed by atoms with Crippen molar-refractivity contribution in [3.05, 3.63) is 29.3 Å². The smallest absolute Gasteiger partial charge is 0.251 e. The minimum atomic E-state index is 0.0535. The molecule has 0 fully saturated rings. The van der Waals surface area contributed by atoms with Crippen LogP contribution in [0.5, 0.6) is 0 Å². The second kappa shape index (κ2) is 3.23. The molecule has 15 heavy (non-hydrogen) atoms. The van der Waals surface area contributed by atoms with Gasteiger partial charge in [-0.05, 0) is 24.1 Å². The Balaban J connectivity index is 2.22. The van der Waals surface area contributed by atoms with Crippen LogP contribution >= 0.6 is 15.9 Å². The first-order valence-electron chi connectivity index (χ1n) is 5.09. The topological polar surface area (TPSA) is 41.1 Å². The van der Waals surface area contributed by atoms with Crippen molar-refractivity contribution in [3.63, 3.8) is 0 Å². The van der Waals surface area contributed by atoms with Crippen LogP contribution in [0.1, 0.15) is 28.3 Å². The van der Waals surface area contributed by atoms with Crippen LogP contribution in [-0.4, -0.2) is 17.4 Å². The zero-order valence-corrected chi connectivity index (χ0v) is 9.67. The molecule has 2 heterocycles. The molecule has 2 atom stereocenters. The minimum absolute atomic E-state index is 0.0535. The predicted molar refractivity (Wildman–Crippen MR) is 62.5 cm³/mol. The van der Waals surface area contributed by atoms with E-state index >= 15 is 0 Å². The van der Waals surface area contributed by atoms with Crippen LogP contribution in [0.25, 0.3) is 0 Å². The molecule has 0 saturated heterocycles. The Morgan fingerprint density at radius 1 is 1.40 bits per heavy atom. The maximum atomic E-state index is 11.8. The summed E-state index contributed by atoms with van der Waals surface area (Å²) in [5, 5.41) is 6.29. The maximum absolute atomic E-state index is 11.8. The number of carbonyl (C=O) groups is 1. The number of nitrogens with one attached hydrogen (secondary N) is 2. The maximum Gasteiger partial charge on any atom is 0.251 e. The van der Waals surface area contributed by atoms with Crippen molar-refractivity contribution in [1.82, 2.24) is 5.32 Å². The lowest BCUT2D eigenvalue weighted by Crippen LogP contribution is -2.23. The van der Waals surface area contributed by atoms with Gasteiger partial charge in [-0.2, -0.15) is 0 Å². The van der Waals surface area contributed by atoms with Gasteiger partial charge in [0.25, 0.3) is 5.91 Å². The second-order valence-electron chi connectivity index (χ2n) is 3.96. The highest BCUT2D eigenvalue weighted by molar-refractivity contribution is 9.09. The highest BCUT2D eigenvalue weighted by atomic mass is 79.9. The van der Waals surface area contributed by atoms with Gasteiger partial charge in [0.2, 0.25) is 0 Å². The first-order chi connectivity index (χ1) is 7.27. The lowest BCUT2D eigenvalue weighted by atomic mass is 9.94. The fraction of sp³-hybridized carbons (Fsp3) is 0.364. The van der Waals surface area contributed by atoms with Crippen molar-refractivity contribution in [2.45, 2.75) is 17.3 Å². The van der Waals surface area contributed by atoms with Gasteiger partial charge in [-0.25, -0.2) is 0 Å². The monoisotopic (exact) mass is 266 g/mol. The van der Waals surface area contributed by atoms with Crippen molar-refractivity contribution in [2.24, 2.45) is 0 Å². The predicted octanol–water partition coefficient (Wildman–Crippen LogP) is 2.05. The molecule has 4 heteroatoms. The molecular formula is C11H11BrN2O. The van der Waals surface area contributed by atoms with E-state index in [2.05, 4.69) is 26.6 Å². The van der Waals surface area contributed by atoms with E-state index in [0.717, 1.165) is 24.2 Å². The second-order valence-corrected chi connectivity index (χ2v) is 4.95. The van der Waals surface area contributed by atoms with E-state index in [-0.39, 0.29) is 10.9 Å². The standard InChI is InChI=1S/C11H11BrN2O/c12-10-6-4-5-13-11(15)7-2-1-3-8(14-10)9(6)7/h1-3,6,10,14H,4-5H2,(H,13,15). The highest BCUT2D eigenvalue weighted by Crippen LogP contribution is 2.43. The zero-order chi connectivity index (χ0) is 10.4. The first-order valence-corrected chi connectivity index (χ1v) is 6.00. The van der Waals surface area contributed by atoms with Gasteiger partial charge in [0.1, 0.15) is 0 Å². The third-order valence-corrected chi connectivity index (χ3v) is 3.98. The van der Waals surface area contributed by atoms with Gasteiger partial charge >= 0.3 is 0 Å². The fourth-order valence-corrected chi connectivity index (χ4v) is 3.19. The van der Waals surface area contributed by atoms with E-state index in [1.165, 1.54) is 5.56 Å². The normalized spacial score (nSPS) is 27.7. The number of carbonyl (C=O) groups excluding carboxylic acids is 1. The number of hydrogen-bond acceptors (Lipinski definition) is 2. The summed E-state index contributed by atoms with van der Waals surface area (Å²) >= 11 is 3.62. The summed E-state index contributed by atoms with van der Waals surface area (Å²) in [5.41, 5.74) is 3.09. The van der Waals surface area contributed by atoms with Crippen molar-refractivity contribution < 1.29 is 4.79 Å². The Hall–Kier alpha value is -1.03. The molecule has 0 radical (unpaired) electrons. The number of hydrogen-bond donors (Lipinski definition) is 2. The largest absolute Gasteiger partial charge is 0.372 e. The molecule has 1 aromatic rings. The number of halogens is 1. The Bertz CT molecular complexity index is 433. The first kappa shape index (κ1) is 9.21. The average molecular weight is 267 g/mol. The van der Waals surface area contributed by atoms with Gasteiger partial charge in [-0.3, -0.25) is 4.79 Å². The number of anilines is 1. The molecule has 0 saturated carbocycles. The van der Waals surface area contributed by atoms with Crippen LogP contribution in [0.4, 0.5) is 5.69 Å². The number of alkyl halides is 1. The molecule has 2 aliphatic heterocycles. The summed E-state index contributed by atoms with van der Waals surface area (Å²) in [4.78, 5) is 12.0. The third kappa shape index (κ3) is 1.28. The van der Waals surface area contributed by atoms with Gasteiger partial charge in [-0.15, -0.1) is 0 Å². The molecular weight excluding hydrogens is 256 g/mol. The van der Waals surface area contributed by atoms with E-state index in [1.54, 1.807) is 0 Å². The zero-order valence-electron chi connectivity index (χ0n) is 8.09. The lowest BCUT2D eigenvalue weighted by molar-refractivity contribution is 0.0956. The Kier molecular flexibility index (Phi) is 1.99. The molecule has 3 nitrogen and oxygen atoms in total. The van der Waals surface area contributed by atoms with Gasteiger partial charge in [0.05, 0.1) is 4.95 Å². The molecule has 2 unspecified atom stereocenters. The molecule has 1 amide bonds. The third-order valence-electron chi connectivity index (χ3n) is 3.11. The quantitative estimate of drug-likeness (QED) is 0.558. The van der Waals surface area contributed by atoms with Crippen LogP contribution in [0.3, 0.4) is 0 Å². The molecule has 2 aliphatic rings. The Labute approximate surface area is 96.4 Å². The summed E-state index contributed by atoms with van der Waals surface area (Å²) in [7, 11) is 0. The van der Waals surface area contributed by atoms with Crippen LogP contribution in [0, 0.1) is 0 Å². The molecule has 2 N–H and O–H groups in total. The summed E-state index contributed by atoms with van der Waals surface area (Å²) in [6.07, 6.45) is 0.985. The average Bonchev–Trinajstić information content (AvgIpc) is 2.43. The summed E-state index contributed by atoms with van der Waals surface area (Å²) in [5.74, 6) is 0.452. The van der Waals surface area contributed by atoms with E-state index < -0.39 is 0 Å². The molecule has 0 bridgehead atoms. The molecule has 78 valence electrons. The Morgan fingerprint density at radius 2 is 2.27 bits per heavy atom. The molecule has 0 aromatic heterocycles. The van der Waals surface area contributed by atoms with E-state index in [0.29, 0.717) is 5.92 Å². The van der Waals surface area contributed by atoms with Crippen molar-refractivity contribution >= 4 is 27.5 Å². The lowest BCUT2D eigenvalue weighted by Gasteiger charge is -2.12. The minimum Gasteiger partial charge on any atom is -0.372 e. The fourth-order valence-electron chi connectivity index (χ4n) is 2.41. The summed E-state index contributed by atoms with van der Waals surface area (Å²) < 4.78 is 0. The van der Waals surface area contributed by atoms with Gasteiger partial charge < -0.3 is 10.6 Å². The summed E-state index contributed by atoms with van der Waals surface area (Å²) in [6, 6.07) is 5.86. The molecule has 0 aliphatic carbocycles. The van der Waals surface area contributed by atoms with Crippen LogP contribution in [0.2, 0.25) is 0 Å². The highest BCUT2D eigenvalue weighted by Gasteiger charge is 2.35. The Morgan fingerprint density at radius 3 is 3.13 bits per heavy atom. The SMILES string of the molecule is O=C1NCCC2c3c(cccc31)NC2Br. The van der Waals surface area contributed by atoms with Crippen LogP contribution in [-0.2, 0) is 0 Å². The van der Waals surface area contributed by atoms with Gasteiger partial charge in [-0.1, -0.05) is 22.0 Å². The van der Waals surface area contributed by atoms with Crippen LogP contribution < -0.4 is 10.6 Å². The molecule has 0 spiro atoms. The van der Waals surface area contributed by atoms with Crippen molar-refractivity contribution in [2.75, 3.05) is 11.9 Å². The number of amides is 1. The van der Waals surface area contributed by atoms with Gasteiger partial charge in [0, 0.05) is 23.7 Å².